The van der Waals surface area contributed by atoms with Crippen LogP contribution in [0.5, 0.6) is 11.5 Å². The Morgan fingerprint density at radius 1 is 1.03 bits per heavy atom. The monoisotopic (exact) mass is 464 g/mol. The predicted octanol–water partition coefficient (Wildman–Crippen LogP) is 4.61. The largest absolute Gasteiger partial charge is 0.494 e. The molecule has 0 saturated carbocycles. The van der Waals surface area contributed by atoms with Crippen molar-refractivity contribution >= 4 is 51.7 Å². The van der Waals surface area contributed by atoms with Crippen molar-refractivity contribution in [2.75, 3.05) is 18.1 Å². The Hall–Kier alpha value is -3.78. The van der Waals surface area contributed by atoms with Crippen LogP contribution in [0.15, 0.2) is 60.2 Å². The van der Waals surface area contributed by atoms with Crippen LogP contribution in [-0.2, 0) is 9.59 Å². The van der Waals surface area contributed by atoms with E-state index >= 15 is 0 Å². The number of carbonyl (C=O) groups excluding carboxylic acids is 2. The van der Waals surface area contributed by atoms with Crippen molar-refractivity contribution in [3.63, 3.8) is 0 Å². The third-order valence-corrected chi connectivity index (χ3v) is 5.37. The van der Waals surface area contributed by atoms with Crippen molar-refractivity contribution in [3.05, 3.63) is 71.6 Å². The number of nitrogens with zero attached hydrogens (tertiary/aromatic N) is 1. The molecule has 1 aliphatic heterocycles. The van der Waals surface area contributed by atoms with Gasteiger partial charge in [0.15, 0.2) is 5.11 Å². The number of nitrogens with one attached hydrogen (secondary N) is 1. The minimum absolute atomic E-state index is 0.0417. The Kier molecular flexibility index (Phi) is 6.37. The molecule has 8 heteroatoms. The normalized spacial score (nSPS) is 15.2. The molecule has 0 aliphatic carbocycles. The molecule has 3 aromatic rings. The Morgan fingerprint density at radius 3 is 2.48 bits per heavy atom. The number of rotatable bonds is 6. The van der Waals surface area contributed by atoms with Crippen LogP contribution in [0.4, 0.5) is 10.1 Å². The van der Waals surface area contributed by atoms with Gasteiger partial charge >= 0.3 is 0 Å². The van der Waals surface area contributed by atoms with E-state index in [0.717, 1.165) is 15.7 Å². The fourth-order valence-corrected chi connectivity index (χ4v) is 3.92. The van der Waals surface area contributed by atoms with E-state index in [2.05, 4.69) is 5.32 Å². The minimum atomic E-state index is -0.728. The number of carbonyl (C=O) groups is 2. The maximum absolute atomic E-state index is 14.4. The number of ether oxygens (including phenoxy) is 2. The van der Waals surface area contributed by atoms with Gasteiger partial charge in [-0.05, 0) is 73.2 Å². The van der Waals surface area contributed by atoms with E-state index < -0.39 is 17.6 Å². The summed E-state index contributed by atoms with van der Waals surface area (Å²) in [7, 11) is 0. The third-order valence-electron chi connectivity index (χ3n) is 5.09. The molecule has 1 N–H and O–H groups in total. The Balaban J connectivity index is 1.89. The highest BCUT2D eigenvalue weighted by Crippen LogP contribution is 2.34. The first-order valence-electron chi connectivity index (χ1n) is 10.4. The summed E-state index contributed by atoms with van der Waals surface area (Å²) < 4.78 is 25.9. The van der Waals surface area contributed by atoms with E-state index in [0.29, 0.717) is 30.3 Å². The summed E-state index contributed by atoms with van der Waals surface area (Å²) in [5.74, 6) is -0.887. The zero-order chi connectivity index (χ0) is 23.5. The van der Waals surface area contributed by atoms with Crippen molar-refractivity contribution in [1.29, 1.82) is 0 Å². The average Bonchev–Trinajstić information content (AvgIpc) is 2.79. The van der Waals surface area contributed by atoms with Gasteiger partial charge in [-0.3, -0.25) is 14.9 Å². The standard InChI is InChI=1S/C25H21FN2O4S/c1-3-31-16-11-9-15-10-12-22(32-4-2)18(17(15)13-16)14-19-23(29)27-25(33)28(24(19)30)21-8-6-5-7-20(21)26/h5-14H,3-4H2,1-2H3,(H,27,29,33)/b19-14+. The molecule has 0 atom stereocenters. The lowest BCUT2D eigenvalue weighted by molar-refractivity contribution is -0.122. The second-order valence-electron chi connectivity index (χ2n) is 7.14. The summed E-state index contributed by atoms with van der Waals surface area (Å²) in [6, 6.07) is 15.0. The van der Waals surface area contributed by atoms with Crippen LogP contribution < -0.4 is 19.7 Å². The van der Waals surface area contributed by atoms with Crippen LogP contribution in [0.2, 0.25) is 0 Å². The molecule has 0 bridgehead atoms. The minimum Gasteiger partial charge on any atom is -0.494 e. The molecular weight excluding hydrogens is 443 g/mol. The second-order valence-corrected chi connectivity index (χ2v) is 7.52. The van der Waals surface area contributed by atoms with Crippen LogP contribution in [0.3, 0.4) is 0 Å². The van der Waals surface area contributed by atoms with Crippen molar-refractivity contribution in [3.8, 4) is 11.5 Å². The lowest BCUT2D eigenvalue weighted by Crippen LogP contribution is -2.54. The highest BCUT2D eigenvalue weighted by atomic mass is 32.1. The third kappa shape index (κ3) is 4.29. The summed E-state index contributed by atoms with van der Waals surface area (Å²) in [6.45, 7) is 4.60. The zero-order valence-electron chi connectivity index (χ0n) is 18.1. The first-order valence-corrected chi connectivity index (χ1v) is 10.8. The molecule has 3 aromatic carbocycles. The summed E-state index contributed by atoms with van der Waals surface area (Å²) in [5.41, 5.74) is 0.304. The number of anilines is 1. The SMILES string of the molecule is CCOc1ccc2ccc(OCC)c(/C=C3\C(=O)NC(=S)N(c4ccccc4F)C3=O)c2c1. The van der Waals surface area contributed by atoms with Crippen LogP contribution in [0.25, 0.3) is 16.8 Å². The molecule has 1 saturated heterocycles. The summed E-state index contributed by atoms with van der Waals surface area (Å²) >= 11 is 5.17. The van der Waals surface area contributed by atoms with Crippen LogP contribution >= 0.6 is 12.2 Å². The van der Waals surface area contributed by atoms with Gasteiger partial charge < -0.3 is 9.47 Å². The number of hydrogen-bond donors (Lipinski definition) is 1. The Bertz CT molecular complexity index is 1300. The lowest BCUT2D eigenvalue weighted by atomic mass is 9.99. The van der Waals surface area contributed by atoms with Gasteiger partial charge in [0.1, 0.15) is 22.9 Å². The first kappa shape index (κ1) is 22.4. The number of benzene rings is 3. The first-order chi connectivity index (χ1) is 15.9. The van der Waals surface area contributed by atoms with E-state index in [4.69, 9.17) is 21.7 Å². The van der Waals surface area contributed by atoms with E-state index in [-0.39, 0.29) is 16.4 Å². The zero-order valence-corrected chi connectivity index (χ0v) is 18.9. The molecule has 6 nitrogen and oxygen atoms in total. The van der Waals surface area contributed by atoms with Crippen LogP contribution in [0.1, 0.15) is 19.4 Å². The average molecular weight is 465 g/mol. The van der Waals surface area contributed by atoms with Crippen molar-refractivity contribution in [2.45, 2.75) is 13.8 Å². The molecule has 1 fully saturated rings. The molecule has 0 unspecified atom stereocenters. The van der Waals surface area contributed by atoms with Crippen molar-refractivity contribution < 1.29 is 23.5 Å². The molecule has 2 amide bonds. The highest BCUT2D eigenvalue weighted by molar-refractivity contribution is 7.80. The van der Waals surface area contributed by atoms with Gasteiger partial charge in [0.05, 0.1) is 18.9 Å². The Labute approximate surface area is 195 Å². The number of amides is 2. The van der Waals surface area contributed by atoms with Crippen molar-refractivity contribution in [2.24, 2.45) is 0 Å². The van der Waals surface area contributed by atoms with Gasteiger partial charge in [0, 0.05) is 5.56 Å². The molecule has 4 rings (SSSR count). The fourth-order valence-electron chi connectivity index (χ4n) is 3.64. The molecule has 33 heavy (non-hydrogen) atoms. The molecular formula is C25H21FN2O4S. The van der Waals surface area contributed by atoms with Crippen LogP contribution in [-0.4, -0.2) is 30.1 Å². The quantitative estimate of drug-likeness (QED) is 0.328. The maximum atomic E-state index is 14.4. The fraction of sp³-hybridized carbons (Fsp3) is 0.160. The van der Waals surface area contributed by atoms with Gasteiger partial charge in [-0.1, -0.05) is 24.3 Å². The molecule has 1 heterocycles. The lowest BCUT2D eigenvalue weighted by Gasteiger charge is -2.29. The second kappa shape index (κ2) is 9.38. The van der Waals surface area contributed by atoms with Gasteiger partial charge in [0.2, 0.25) is 0 Å². The number of hydrogen-bond acceptors (Lipinski definition) is 5. The molecule has 1 aliphatic rings. The molecule has 168 valence electrons. The van der Waals surface area contributed by atoms with Gasteiger partial charge in [-0.2, -0.15) is 0 Å². The van der Waals surface area contributed by atoms with Gasteiger partial charge in [0.25, 0.3) is 11.8 Å². The summed E-state index contributed by atoms with van der Waals surface area (Å²) in [4.78, 5) is 27.1. The number of para-hydroxylation sites is 1. The molecule has 0 aromatic heterocycles. The van der Waals surface area contributed by atoms with E-state index in [1.165, 1.54) is 24.3 Å². The smallest absolute Gasteiger partial charge is 0.270 e. The summed E-state index contributed by atoms with van der Waals surface area (Å²) in [6.07, 6.45) is 1.45. The Morgan fingerprint density at radius 2 is 1.76 bits per heavy atom. The molecule has 0 radical (unpaired) electrons. The topological polar surface area (TPSA) is 67.9 Å². The van der Waals surface area contributed by atoms with E-state index in [1.54, 1.807) is 12.1 Å². The van der Waals surface area contributed by atoms with Crippen molar-refractivity contribution in [1.82, 2.24) is 5.32 Å². The number of fused-ring (bicyclic) bond motifs is 1. The van der Waals surface area contributed by atoms with Gasteiger partial charge in [-0.15, -0.1) is 0 Å². The predicted molar refractivity (Wildman–Crippen MR) is 129 cm³/mol. The van der Waals surface area contributed by atoms with E-state index in [9.17, 15) is 14.0 Å². The highest BCUT2D eigenvalue weighted by Gasteiger charge is 2.36. The van der Waals surface area contributed by atoms with Gasteiger partial charge in [-0.25, -0.2) is 9.29 Å². The number of thiocarbonyl (C=S) groups is 1. The van der Waals surface area contributed by atoms with E-state index in [1.807, 2.05) is 38.1 Å². The number of halogens is 1. The molecule has 0 spiro atoms. The summed E-state index contributed by atoms with van der Waals surface area (Å²) in [5, 5.41) is 3.91. The maximum Gasteiger partial charge on any atom is 0.270 e. The van der Waals surface area contributed by atoms with Crippen LogP contribution in [0, 0.1) is 5.82 Å².